The van der Waals surface area contributed by atoms with Crippen molar-refractivity contribution in [3.63, 3.8) is 0 Å². The first kappa shape index (κ1) is 15.9. The lowest BCUT2D eigenvalue weighted by atomic mass is 10.1. The number of carbonyl (C=O) groups is 1. The molecule has 0 fully saturated rings. The van der Waals surface area contributed by atoms with Crippen molar-refractivity contribution < 1.29 is 14.8 Å². The maximum atomic E-state index is 11.2. The van der Waals surface area contributed by atoms with Crippen molar-refractivity contribution in [3.8, 4) is 0 Å². The fraction of sp³-hybridized carbons (Fsp3) is 0.667. The highest BCUT2D eigenvalue weighted by atomic mass is 16.6. The highest BCUT2D eigenvalue weighted by molar-refractivity contribution is 5.67. The lowest BCUT2D eigenvalue weighted by Gasteiger charge is -2.10. The Balaban J connectivity index is 2.88. The number of aryl methyl sites for hydroxylation is 2. The average molecular weight is 284 g/mol. The van der Waals surface area contributed by atoms with Gasteiger partial charge in [0.2, 0.25) is 5.82 Å². The van der Waals surface area contributed by atoms with Gasteiger partial charge in [-0.2, -0.15) is 5.10 Å². The van der Waals surface area contributed by atoms with E-state index >= 15 is 0 Å². The van der Waals surface area contributed by atoms with Crippen molar-refractivity contribution >= 4 is 17.5 Å². The van der Waals surface area contributed by atoms with Crippen molar-refractivity contribution in [3.05, 3.63) is 15.8 Å². The Morgan fingerprint density at radius 2 is 2.25 bits per heavy atom. The molecule has 0 amide bonds. The van der Waals surface area contributed by atoms with Crippen LogP contribution in [0, 0.1) is 16.0 Å². The summed E-state index contributed by atoms with van der Waals surface area (Å²) in [5.41, 5.74) is 0.435. The Morgan fingerprint density at radius 3 is 2.75 bits per heavy atom. The van der Waals surface area contributed by atoms with Gasteiger partial charge in [0.05, 0.1) is 4.92 Å². The fourth-order valence-electron chi connectivity index (χ4n) is 2.00. The third-order valence-corrected chi connectivity index (χ3v) is 2.90. The molecule has 1 atom stereocenters. The van der Waals surface area contributed by atoms with E-state index in [9.17, 15) is 14.9 Å². The molecule has 1 aromatic heterocycles. The van der Waals surface area contributed by atoms with E-state index < -0.39 is 10.9 Å². The van der Waals surface area contributed by atoms with Gasteiger partial charge in [0.15, 0.2) is 0 Å². The molecule has 0 saturated carbocycles. The smallest absolute Gasteiger partial charge is 0.333 e. The molecule has 2 N–H and O–H groups in total. The van der Waals surface area contributed by atoms with Gasteiger partial charge in [0.25, 0.3) is 0 Å². The molecule has 1 aromatic rings. The number of hydrogen-bond donors (Lipinski definition) is 2. The molecule has 0 aromatic carbocycles. The number of nitrogens with zero attached hydrogens (tertiary/aromatic N) is 3. The minimum atomic E-state index is -0.884. The SMILES string of the molecule is CCCc1nn(C)c(NCC(C)CC(=O)O)c1[N+](=O)[O-]. The van der Waals surface area contributed by atoms with Crippen molar-refractivity contribution in [2.24, 2.45) is 13.0 Å². The summed E-state index contributed by atoms with van der Waals surface area (Å²) in [6, 6.07) is 0. The monoisotopic (exact) mass is 284 g/mol. The van der Waals surface area contributed by atoms with Gasteiger partial charge < -0.3 is 10.4 Å². The topological polar surface area (TPSA) is 110 Å². The molecule has 0 aliphatic heterocycles. The summed E-state index contributed by atoms with van der Waals surface area (Å²) >= 11 is 0. The number of anilines is 1. The summed E-state index contributed by atoms with van der Waals surface area (Å²) in [4.78, 5) is 21.3. The van der Waals surface area contributed by atoms with Crippen LogP contribution in [0.25, 0.3) is 0 Å². The first-order valence-electron chi connectivity index (χ1n) is 6.52. The Morgan fingerprint density at radius 1 is 1.60 bits per heavy atom. The number of rotatable bonds is 8. The second-order valence-corrected chi connectivity index (χ2v) is 4.86. The summed E-state index contributed by atoms with van der Waals surface area (Å²) in [6.07, 6.45) is 1.32. The van der Waals surface area contributed by atoms with E-state index in [2.05, 4.69) is 10.4 Å². The van der Waals surface area contributed by atoms with Crippen LogP contribution < -0.4 is 5.32 Å². The number of nitro groups is 1. The highest BCUT2D eigenvalue weighted by Crippen LogP contribution is 2.29. The number of carboxylic acid groups (broad SMARTS) is 1. The van der Waals surface area contributed by atoms with Crippen LogP contribution in [0.2, 0.25) is 0 Å². The minimum absolute atomic E-state index is 0.0144. The van der Waals surface area contributed by atoms with Crippen LogP contribution >= 0.6 is 0 Å². The molecule has 0 radical (unpaired) electrons. The highest BCUT2D eigenvalue weighted by Gasteiger charge is 2.26. The molecular formula is C12H20N4O4. The van der Waals surface area contributed by atoms with Gasteiger partial charge >= 0.3 is 11.7 Å². The van der Waals surface area contributed by atoms with Crippen molar-refractivity contribution in [1.29, 1.82) is 0 Å². The molecule has 8 nitrogen and oxygen atoms in total. The largest absolute Gasteiger partial charge is 0.481 e. The lowest BCUT2D eigenvalue weighted by molar-refractivity contribution is -0.384. The molecule has 0 saturated heterocycles. The average Bonchev–Trinajstić information content (AvgIpc) is 2.62. The summed E-state index contributed by atoms with van der Waals surface area (Å²) < 4.78 is 1.44. The minimum Gasteiger partial charge on any atom is -0.481 e. The first-order chi connectivity index (χ1) is 9.36. The van der Waals surface area contributed by atoms with Gasteiger partial charge in [-0.1, -0.05) is 20.3 Å². The van der Waals surface area contributed by atoms with Crippen LogP contribution in [0.3, 0.4) is 0 Å². The van der Waals surface area contributed by atoms with Crippen LogP contribution in [0.4, 0.5) is 11.5 Å². The fourth-order valence-corrected chi connectivity index (χ4v) is 2.00. The van der Waals surface area contributed by atoms with E-state index in [-0.39, 0.29) is 18.0 Å². The van der Waals surface area contributed by atoms with Gasteiger partial charge in [-0.25, -0.2) is 4.68 Å². The van der Waals surface area contributed by atoms with Gasteiger partial charge in [0, 0.05) is 20.0 Å². The third kappa shape index (κ3) is 3.94. The molecule has 8 heteroatoms. The van der Waals surface area contributed by atoms with Crippen molar-refractivity contribution in [1.82, 2.24) is 9.78 Å². The molecular weight excluding hydrogens is 264 g/mol. The molecule has 0 bridgehead atoms. The van der Waals surface area contributed by atoms with E-state index in [4.69, 9.17) is 5.11 Å². The maximum absolute atomic E-state index is 11.2. The van der Waals surface area contributed by atoms with E-state index in [1.54, 1.807) is 14.0 Å². The van der Waals surface area contributed by atoms with E-state index in [0.717, 1.165) is 6.42 Å². The summed E-state index contributed by atoms with van der Waals surface area (Å²) in [6.45, 7) is 4.05. The second-order valence-electron chi connectivity index (χ2n) is 4.86. The molecule has 20 heavy (non-hydrogen) atoms. The standard InChI is InChI=1S/C12H20N4O4/c1-4-5-9-11(16(19)20)12(15(3)14-9)13-7-8(2)6-10(17)18/h8,13H,4-7H2,1-3H3,(H,17,18). The van der Waals surface area contributed by atoms with Crippen LogP contribution in [0.5, 0.6) is 0 Å². The van der Waals surface area contributed by atoms with Crippen LogP contribution in [0.1, 0.15) is 32.4 Å². The van der Waals surface area contributed by atoms with Gasteiger partial charge in [0.1, 0.15) is 5.69 Å². The van der Waals surface area contributed by atoms with E-state index in [1.807, 2.05) is 6.92 Å². The number of hydrogen-bond acceptors (Lipinski definition) is 5. The summed E-state index contributed by atoms with van der Waals surface area (Å²) in [5.74, 6) is -0.683. The molecule has 112 valence electrons. The lowest BCUT2D eigenvalue weighted by Crippen LogP contribution is -2.17. The molecule has 1 unspecified atom stereocenters. The maximum Gasteiger partial charge on any atom is 0.333 e. The zero-order valence-corrected chi connectivity index (χ0v) is 11.9. The Bertz CT molecular complexity index is 498. The Kier molecular flexibility index (Phi) is 5.48. The van der Waals surface area contributed by atoms with Crippen LogP contribution in [-0.4, -0.2) is 32.3 Å². The quantitative estimate of drug-likeness (QED) is 0.556. The summed E-state index contributed by atoms with van der Waals surface area (Å²) in [7, 11) is 1.64. The molecule has 1 heterocycles. The van der Waals surface area contributed by atoms with E-state index in [1.165, 1.54) is 4.68 Å². The van der Waals surface area contributed by atoms with Gasteiger partial charge in [-0.3, -0.25) is 14.9 Å². The van der Waals surface area contributed by atoms with Crippen molar-refractivity contribution in [2.45, 2.75) is 33.1 Å². The summed E-state index contributed by atoms with van der Waals surface area (Å²) in [5, 5.41) is 27.0. The molecule has 1 rings (SSSR count). The predicted octanol–water partition coefficient (Wildman–Crippen LogP) is 1.80. The zero-order valence-electron chi connectivity index (χ0n) is 11.9. The van der Waals surface area contributed by atoms with E-state index in [0.29, 0.717) is 24.5 Å². The van der Waals surface area contributed by atoms with Gasteiger partial charge in [-0.05, 0) is 12.3 Å². The number of aromatic nitrogens is 2. The predicted molar refractivity (Wildman–Crippen MR) is 73.8 cm³/mol. The third-order valence-electron chi connectivity index (χ3n) is 2.90. The number of aliphatic carboxylic acids is 1. The van der Waals surface area contributed by atoms with Crippen LogP contribution in [-0.2, 0) is 18.3 Å². The number of nitrogens with one attached hydrogen (secondary N) is 1. The Hall–Kier alpha value is -2.12. The normalized spacial score (nSPS) is 12.2. The Labute approximate surface area is 116 Å². The zero-order chi connectivity index (χ0) is 15.3. The van der Waals surface area contributed by atoms with Gasteiger partial charge in [-0.15, -0.1) is 0 Å². The molecule has 0 aliphatic rings. The first-order valence-corrected chi connectivity index (χ1v) is 6.52. The van der Waals surface area contributed by atoms with Crippen molar-refractivity contribution in [2.75, 3.05) is 11.9 Å². The molecule has 0 aliphatic carbocycles. The molecule has 0 spiro atoms. The second kappa shape index (κ2) is 6.88. The number of carboxylic acids is 1. The van der Waals surface area contributed by atoms with Crippen LogP contribution in [0.15, 0.2) is 0 Å².